The minimum atomic E-state index is -1.38. The molecule has 0 aromatic heterocycles. The van der Waals surface area contributed by atoms with E-state index in [1.165, 1.54) is 6.92 Å². The third-order valence-electron chi connectivity index (χ3n) is 0.771. The van der Waals surface area contributed by atoms with E-state index >= 15 is 0 Å². The van der Waals surface area contributed by atoms with Crippen LogP contribution >= 0.6 is 0 Å². The highest BCUT2D eigenvalue weighted by atomic mass is 16.4. The van der Waals surface area contributed by atoms with Crippen molar-refractivity contribution in [1.82, 2.24) is 0 Å². The number of carbonyl (C=O) groups excluding carboxylic acids is 1. The van der Waals surface area contributed by atoms with Crippen LogP contribution in [0.5, 0.6) is 0 Å². The van der Waals surface area contributed by atoms with Gasteiger partial charge in [-0.2, -0.15) is 0 Å². The van der Waals surface area contributed by atoms with Crippen LogP contribution in [0.4, 0.5) is 0 Å². The van der Waals surface area contributed by atoms with E-state index in [9.17, 15) is 14.4 Å². The van der Waals surface area contributed by atoms with Crippen LogP contribution in [0, 0.1) is 0 Å². The number of rotatable bonds is 3. The molecule has 3 N–H and O–H groups in total. The molecule has 0 heterocycles. The lowest BCUT2D eigenvalue weighted by Crippen LogP contribution is -2.07. The van der Waals surface area contributed by atoms with Gasteiger partial charge >= 0.3 is 11.9 Å². The number of carboxylic acid groups (broad SMARTS) is 2. The molecular weight excluding hydrogens is 180 g/mol. The van der Waals surface area contributed by atoms with E-state index < -0.39 is 23.8 Å². The summed E-state index contributed by atoms with van der Waals surface area (Å²) in [6.07, 6.45) is -0.891. The molecule has 13 heavy (non-hydrogen) atoms. The van der Waals surface area contributed by atoms with Gasteiger partial charge in [0.05, 0.1) is 12.5 Å². The standard InChI is InChI=1S/C4H8O3.C3H4O3/c1-3(5)2-4(6)7;1-2(4)3(5)6/h3,5H,2H2,1H3,(H,6,7);1H3,(H,5,6). The molecule has 0 fully saturated rings. The zero-order valence-electron chi connectivity index (χ0n) is 7.35. The maximum absolute atomic E-state index is 9.65. The van der Waals surface area contributed by atoms with Crippen molar-refractivity contribution >= 4 is 17.7 Å². The summed E-state index contributed by atoms with van der Waals surface area (Å²) >= 11 is 0. The van der Waals surface area contributed by atoms with E-state index in [0.717, 1.165) is 6.92 Å². The van der Waals surface area contributed by atoms with Crippen molar-refractivity contribution in [3.8, 4) is 0 Å². The molecule has 6 nitrogen and oxygen atoms in total. The highest BCUT2D eigenvalue weighted by molar-refractivity contribution is 6.31. The van der Waals surface area contributed by atoms with Gasteiger partial charge in [0.25, 0.3) is 0 Å². The third kappa shape index (κ3) is 18.0. The molecule has 0 saturated heterocycles. The van der Waals surface area contributed by atoms with Crippen LogP contribution in [-0.2, 0) is 14.4 Å². The molecule has 0 spiro atoms. The molecule has 0 aromatic carbocycles. The van der Waals surface area contributed by atoms with Crippen molar-refractivity contribution in [3.63, 3.8) is 0 Å². The van der Waals surface area contributed by atoms with Gasteiger partial charge in [-0.3, -0.25) is 9.59 Å². The van der Waals surface area contributed by atoms with Crippen LogP contribution < -0.4 is 0 Å². The maximum atomic E-state index is 9.65. The van der Waals surface area contributed by atoms with Crippen LogP contribution in [-0.4, -0.2) is 39.1 Å². The van der Waals surface area contributed by atoms with Gasteiger partial charge in [-0.05, 0) is 6.92 Å². The summed E-state index contributed by atoms with van der Waals surface area (Å²) in [7, 11) is 0. The van der Waals surface area contributed by atoms with Crippen LogP contribution in [0.2, 0.25) is 0 Å². The largest absolute Gasteiger partial charge is 0.481 e. The van der Waals surface area contributed by atoms with E-state index in [1.807, 2.05) is 0 Å². The van der Waals surface area contributed by atoms with Crippen molar-refractivity contribution in [1.29, 1.82) is 0 Å². The summed E-state index contributed by atoms with van der Waals surface area (Å²) in [5, 5.41) is 23.9. The number of aliphatic hydroxyl groups excluding tert-OH is 1. The van der Waals surface area contributed by atoms with E-state index in [4.69, 9.17) is 15.3 Å². The average molecular weight is 192 g/mol. The number of carbonyl (C=O) groups is 3. The highest BCUT2D eigenvalue weighted by Crippen LogP contribution is 1.85. The molecule has 1 unspecified atom stereocenters. The number of ketones is 1. The summed E-state index contributed by atoms with van der Waals surface area (Å²) in [4.78, 5) is 28.5. The fourth-order valence-electron chi connectivity index (χ4n) is 0.253. The minimum Gasteiger partial charge on any atom is -0.481 e. The molecule has 0 bridgehead atoms. The number of Topliss-reactive ketones (excluding diaryl/α,β-unsaturated/α-hetero) is 1. The lowest BCUT2D eigenvalue weighted by molar-refractivity contribution is -0.148. The van der Waals surface area contributed by atoms with Crippen molar-refractivity contribution in [2.45, 2.75) is 26.4 Å². The summed E-state index contributed by atoms with van der Waals surface area (Å²) in [5.74, 6) is -3.17. The zero-order chi connectivity index (χ0) is 11.0. The molecule has 0 aliphatic heterocycles. The average Bonchev–Trinajstić information content (AvgIpc) is 1.84. The van der Waals surface area contributed by atoms with E-state index in [1.54, 1.807) is 0 Å². The molecule has 76 valence electrons. The normalized spacial score (nSPS) is 10.7. The second-order valence-corrected chi connectivity index (χ2v) is 2.31. The summed E-state index contributed by atoms with van der Waals surface area (Å²) in [6, 6.07) is 0. The molecule has 0 radical (unpaired) electrons. The van der Waals surface area contributed by atoms with Crippen LogP contribution in [0.15, 0.2) is 0 Å². The molecule has 0 saturated carbocycles. The Balaban J connectivity index is 0. The minimum absolute atomic E-state index is 0.167. The van der Waals surface area contributed by atoms with Gasteiger partial charge in [-0.1, -0.05) is 0 Å². The van der Waals surface area contributed by atoms with E-state index in [-0.39, 0.29) is 6.42 Å². The smallest absolute Gasteiger partial charge is 0.371 e. The Kier molecular flexibility index (Phi) is 7.85. The molecule has 0 amide bonds. The molecule has 6 heteroatoms. The first kappa shape index (κ1) is 14.1. The van der Waals surface area contributed by atoms with Gasteiger partial charge in [0, 0.05) is 6.92 Å². The van der Waals surface area contributed by atoms with Gasteiger partial charge in [0.2, 0.25) is 5.78 Å². The molecule has 0 rings (SSSR count). The van der Waals surface area contributed by atoms with Gasteiger partial charge < -0.3 is 15.3 Å². The predicted octanol–water partition coefficient (Wildman–Crippen LogP) is -0.498. The SMILES string of the molecule is CC(=O)C(=O)O.CC(O)CC(=O)O. The second kappa shape index (κ2) is 7.23. The predicted molar refractivity (Wildman–Crippen MR) is 42.3 cm³/mol. The first-order valence-corrected chi connectivity index (χ1v) is 3.41. The van der Waals surface area contributed by atoms with E-state index in [2.05, 4.69) is 0 Å². The highest BCUT2D eigenvalue weighted by Gasteiger charge is 2.00. The Labute approximate surface area is 74.8 Å². The van der Waals surface area contributed by atoms with Crippen LogP contribution in [0.25, 0.3) is 0 Å². The van der Waals surface area contributed by atoms with Crippen molar-refractivity contribution in [2.24, 2.45) is 0 Å². The molecule has 0 aromatic rings. The number of carboxylic acids is 2. The number of aliphatic carboxylic acids is 2. The van der Waals surface area contributed by atoms with Gasteiger partial charge in [-0.15, -0.1) is 0 Å². The second-order valence-electron chi connectivity index (χ2n) is 2.31. The van der Waals surface area contributed by atoms with Gasteiger partial charge in [0.1, 0.15) is 0 Å². The topological polar surface area (TPSA) is 112 Å². The maximum Gasteiger partial charge on any atom is 0.371 e. The lowest BCUT2D eigenvalue weighted by atomic mass is 10.3. The van der Waals surface area contributed by atoms with Crippen molar-refractivity contribution < 1.29 is 29.7 Å². The van der Waals surface area contributed by atoms with Crippen molar-refractivity contribution in [2.75, 3.05) is 0 Å². The molecular formula is C7H12O6. The monoisotopic (exact) mass is 192 g/mol. The van der Waals surface area contributed by atoms with Gasteiger partial charge in [0.15, 0.2) is 0 Å². The Bertz CT molecular complexity index is 183. The lowest BCUT2D eigenvalue weighted by Gasteiger charge is -1.94. The fourth-order valence-corrected chi connectivity index (χ4v) is 0.253. The third-order valence-corrected chi connectivity index (χ3v) is 0.771. The zero-order valence-corrected chi connectivity index (χ0v) is 7.35. The van der Waals surface area contributed by atoms with E-state index in [0.29, 0.717) is 0 Å². The summed E-state index contributed by atoms with van der Waals surface area (Å²) < 4.78 is 0. The Morgan fingerprint density at radius 1 is 1.23 bits per heavy atom. The molecule has 1 atom stereocenters. The molecule has 0 aliphatic carbocycles. The first-order chi connectivity index (χ1) is 5.77. The van der Waals surface area contributed by atoms with Gasteiger partial charge in [-0.25, -0.2) is 4.79 Å². The quantitative estimate of drug-likeness (QED) is 0.520. The first-order valence-electron chi connectivity index (χ1n) is 3.41. The van der Waals surface area contributed by atoms with Crippen LogP contribution in [0.1, 0.15) is 20.3 Å². The summed E-state index contributed by atoms with van der Waals surface area (Å²) in [5.41, 5.74) is 0. The van der Waals surface area contributed by atoms with Crippen molar-refractivity contribution in [3.05, 3.63) is 0 Å². The number of hydrogen-bond acceptors (Lipinski definition) is 4. The Hall–Kier alpha value is -1.43. The van der Waals surface area contributed by atoms with Crippen LogP contribution in [0.3, 0.4) is 0 Å². The molecule has 0 aliphatic rings. The fraction of sp³-hybridized carbons (Fsp3) is 0.571. The number of hydrogen-bond donors (Lipinski definition) is 3. The Morgan fingerprint density at radius 3 is 1.54 bits per heavy atom. The summed E-state index contributed by atoms with van der Waals surface area (Å²) in [6.45, 7) is 2.44. The Morgan fingerprint density at radius 2 is 1.54 bits per heavy atom. The number of aliphatic hydroxyl groups is 1.